The number of hydrogen-bond acceptors (Lipinski definition) is 1. The van der Waals surface area contributed by atoms with E-state index in [4.69, 9.17) is 4.74 Å². The van der Waals surface area contributed by atoms with Crippen LogP contribution in [0.1, 0.15) is 0 Å². The third kappa shape index (κ3) is 2.82. The van der Waals surface area contributed by atoms with Crippen LogP contribution >= 0.6 is 0 Å². The van der Waals surface area contributed by atoms with Crippen molar-refractivity contribution in [2.45, 2.75) is 0 Å². The molecule has 0 spiro atoms. The molecule has 0 saturated carbocycles. The lowest BCUT2D eigenvalue weighted by Gasteiger charge is -2.10. The highest BCUT2D eigenvalue weighted by atomic mass is 19.1. The fourth-order valence-corrected chi connectivity index (χ4v) is 1.73. The molecule has 0 fully saturated rings. The van der Waals surface area contributed by atoms with Gasteiger partial charge in [-0.25, -0.2) is 17.6 Å². The molecule has 0 heterocycles. The highest BCUT2D eigenvalue weighted by Gasteiger charge is 2.18. The van der Waals surface area contributed by atoms with Crippen LogP contribution in [-0.4, -0.2) is 6.61 Å². The predicted octanol–water partition coefficient (Wildman–Crippen LogP) is 4.47. The van der Waals surface area contributed by atoms with E-state index in [1.165, 1.54) is 6.08 Å². The number of benzene rings is 2. The van der Waals surface area contributed by atoms with E-state index >= 15 is 0 Å². The van der Waals surface area contributed by atoms with Crippen LogP contribution in [0, 0.1) is 23.3 Å². The Morgan fingerprint density at radius 1 is 0.950 bits per heavy atom. The number of halogens is 4. The van der Waals surface area contributed by atoms with E-state index in [9.17, 15) is 17.6 Å². The molecule has 2 aromatic carbocycles. The van der Waals surface area contributed by atoms with Crippen LogP contribution < -0.4 is 4.74 Å². The molecule has 0 amide bonds. The van der Waals surface area contributed by atoms with Crippen molar-refractivity contribution in [1.82, 2.24) is 0 Å². The van der Waals surface area contributed by atoms with Gasteiger partial charge in [0.1, 0.15) is 35.6 Å². The summed E-state index contributed by atoms with van der Waals surface area (Å²) >= 11 is 0. The first kappa shape index (κ1) is 14.1. The van der Waals surface area contributed by atoms with E-state index in [0.29, 0.717) is 0 Å². The quantitative estimate of drug-likeness (QED) is 0.593. The Balaban J connectivity index is 2.52. The van der Waals surface area contributed by atoms with Crippen molar-refractivity contribution in [2.75, 3.05) is 6.61 Å². The molecule has 0 bridgehead atoms. The number of ether oxygens (including phenoxy) is 1. The Hall–Kier alpha value is -2.30. The smallest absolute Gasteiger partial charge is 0.137 e. The van der Waals surface area contributed by atoms with E-state index in [0.717, 1.165) is 30.3 Å². The summed E-state index contributed by atoms with van der Waals surface area (Å²) < 4.78 is 59.5. The third-order valence-electron chi connectivity index (χ3n) is 2.58. The molecule has 0 aliphatic heterocycles. The van der Waals surface area contributed by atoms with Gasteiger partial charge in [-0.15, -0.1) is 0 Å². The lowest BCUT2D eigenvalue weighted by Crippen LogP contribution is -1.98. The number of rotatable bonds is 4. The van der Waals surface area contributed by atoms with Crippen molar-refractivity contribution in [3.8, 4) is 16.9 Å². The predicted molar refractivity (Wildman–Crippen MR) is 67.4 cm³/mol. The fraction of sp³-hybridized carbons (Fsp3) is 0.0667. The summed E-state index contributed by atoms with van der Waals surface area (Å²) in [6.07, 6.45) is 1.41. The summed E-state index contributed by atoms with van der Waals surface area (Å²) in [5.41, 5.74) is -1.11. The highest BCUT2D eigenvalue weighted by Crippen LogP contribution is 2.31. The maximum absolute atomic E-state index is 13.9. The average molecular weight is 282 g/mol. The molecule has 1 nitrogen and oxygen atoms in total. The summed E-state index contributed by atoms with van der Waals surface area (Å²) in [6.45, 7) is 3.48. The molecule has 0 aliphatic carbocycles. The molecule has 0 aromatic heterocycles. The second-order valence-electron chi connectivity index (χ2n) is 3.99. The first-order chi connectivity index (χ1) is 9.52. The Morgan fingerprint density at radius 3 is 2.20 bits per heavy atom. The van der Waals surface area contributed by atoms with E-state index < -0.39 is 34.4 Å². The van der Waals surface area contributed by atoms with Crippen molar-refractivity contribution < 1.29 is 22.3 Å². The molecule has 0 unspecified atom stereocenters. The van der Waals surface area contributed by atoms with Crippen LogP contribution in [0.25, 0.3) is 11.1 Å². The Kier molecular flexibility index (Phi) is 4.08. The zero-order chi connectivity index (χ0) is 14.7. The molecular formula is C15H10F4O. The van der Waals surface area contributed by atoms with Gasteiger partial charge in [0, 0.05) is 17.7 Å². The average Bonchev–Trinajstić information content (AvgIpc) is 2.39. The van der Waals surface area contributed by atoms with Gasteiger partial charge in [-0.1, -0.05) is 12.7 Å². The molecule has 104 valence electrons. The standard InChI is InChI=1S/C15H10F4O/c1-2-5-20-10-7-13(18)15(14(19)8-10)11-6-9(16)3-4-12(11)17/h2-4,6-8H,1,5H2. The van der Waals surface area contributed by atoms with Gasteiger partial charge in [0.15, 0.2) is 0 Å². The van der Waals surface area contributed by atoms with Gasteiger partial charge in [0.25, 0.3) is 0 Å². The summed E-state index contributed by atoms with van der Waals surface area (Å²) in [5, 5.41) is 0. The molecule has 0 atom stereocenters. The summed E-state index contributed by atoms with van der Waals surface area (Å²) in [7, 11) is 0. The first-order valence-corrected chi connectivity index (χ1v) is 5.71. The van der Waals surface area contributed by atoms with Gasteiger partial charge < -0.3 is 4.74 Å². The largest absolute Gasteiger partial charge is 0.489 e. The molecule has 5 heteroatoms. The van der Waals surface area contributed by atoms with Gasteiger partial charge in [0.2, 0.25) is 0 Å². The SMILES string of the molecule is C=CCOc1cc(F)c(-c2cc(F)ccc2F)c(F)c1. The zero-order valence-corrected chi connectivity index (χ0v) is 10.3. The molecule has 2 aromatic rings. The van der Waals surface area contributed by atoms with Gasteiger partial charge in [-0.05, 0) is 18.2 Å². The number of hydrogen-bond donors (Lipinski definition) is 0. The second kappa shape index (κ2) is 5.77. The molecule has 2 rings (SSSR count). The van der Waals surface area contributed by atoms with E-state index in [-0.39, 0.29) is 12.4 Å². The van der Waals surface area contributed by atoms with Gasteiger partial charge in [-0.2, -0.15) is 0 Å². The minimum absolute atomic E-state index is 0.0551. The van der Waals surface area contributed by atoms with Gasteiger partial charge in [0.05, 0.1) is 5.56 Å². The van der Waals surface area contributed by atoms with Gasteiger partial charge in [-0.3, -0.25) is 0 Å². The summed E-state index contributed by atoms with van der Waals surface area (Å²) in [5.74, 6) is -3.82. The fourth-order valence-electron chi connectivity index (χ4n) is 1.73. The van der Waals surface area contributed by atoms with E-state index in [1.807, 2.05) is 0 Å². The van der Waals surface area contributed by atoms with Crippen molar-refractivity contribution in [3.05, 3.63) is 66.3 Å². The van der Waals surface area contributed by atoms with Crippen molar-refractivity contribution in [2.24, 2.45) is 0 Å². The third-order valence-corrected chi connectivity index (χ3v) is 2.58. The van der Waals surface area contributed by atoms with Crippen molar-refractivity contribution in [3.63, 3.8) is 0 Å². The maximum atomic E-state index is 13.9. The lowest BCUT2D eigenvalue weighted by molar-refractivity contribution is 0.358. The maximum Gasteiger partial charge on any atom is 0.137 e. The van der Waals surface area contributed by atoms with Crippen molar-refractivity contribution >= 4 is 0 Å². The Morgan fingerprint density at radius 2 is 1.60 bits per heavy atom. The monoisotopic (exact) mass is 282 g/mol. The molecule has 0 radical (unpaired) electrons. The van der Waals surface area contributed by atoms with E-state index in [1.54, 1.807) is 0 Å². The second-order valence-corrected chi connectivity index (χ2v) is 3.99. The van der Waals surface area contributed by atoms with E-state index in [2.05, 4.69) is 6.58 Å². The minimum Gasteiger partial charge on any atom is -0.489 e. The van der Waals surface area contributed by atoms with Crippen LogP contribution in [0.5, 0.6) is 5.75 Å². The Bertz CT molecular complexity index is 629. The molecule has 0 saturated heterocycles. The molecule has 20 heavy (non-hydrogen) atoms. The highest BCUT2D eigenvalue weighted by molar-refractivity contribution is 5.66. The first-order valence-electron chi connectivity index (χ1n) is 5.71. The topological polar surface area (TPSA) is 9.23 Å². The van der Waals surface area contributed by atoms with Crippen LogP contribution in [-0.2, 0) is 0 Å². The molecular weight excluding hydrogens is 272 g/mol. The van der Waals surface area contributed by atoms with Crippen molar-refractivity contribution in [1.29, 1.82) is 0 Å². The lowest BCUT2D eigenvalue weighted by atomic mass is 10.0. The van der Waals surface area contributed by atoms with Crippen LogP contribution in [0.15, 0.2) is 43.0 Å². The Labute approximate surface area is 113 Å². The molecule has 0 aliphatic rings. The van der Waals surface area contributed by atoms with Crippen LogP contribution in [0.3, 0.4) is 0 Å². The van der Waals surface area contributed by atoms with Crippen LogP contribution in [0.4, 0.5) is 17.6 Å². The summed E-state index contributed by atoms with van der Waals surface area (Å²) in [6, 6.07) is 4.24. The zero-order valence-electron chi connectivity index (χ0n) is 10.3. The normalized spacial score (nSPS) is 10.4. The summed E-state index contributed by atoms with van der Waals surface area (Å²) in [4.78, 5) is 0. The van der Waals surface area contributed by atoms with Gasteiger partial charge >= 0.3 is 0 Å². The minimum atomic E-state index is -1.03. The van der Waals surface area contributed by atoms with Crippen LogP contribution in [0.2, 0.25) is 0 Å². The molecule has 0 N–H and O–H groups in total.